The lowest BCUT2D eigenvalue weighted by Gasteiger charge is -2.30. The van der Waals surface area contributed by atoms with E-state index in [-0.39, 0.29) is 0 Å². The van der Waals surface area contributed by atoms with E-state index in [0.29, 0.717) is 0 Å². The zero-order valence-electron chi connectivity index (χ0n) is 6.79. The topological polar surface area (TPSA) is 75.1 Å². The summed E-state index contributed by atoms with van der Waals surface area (Å²) in [5.74, 6) is 0. The van der Waals surface area contributed by atoms with Gasteiger partial charge in [-0.05, 0) is 19.4 Å². The van der Waals surface area contributed by atoms with Crippen LogP contribution in [0.1, 0.15) is 13.8 Å². The summed E-state index contributed by atoms with van der Waals surface area (Å²) in [5.41, 5.74) is 6.54. The van der Waals surface area contributed by atoms with Crippen molar-refractivity contribution in [3.8, 4) is 0 Å². The molecular formula is C5H6Cl3N3O2. The molecule has 0 aliphatic carbocycles. The van der Waals surface area contributed by atoms with Crippen LogP contribution in [0.4, 0.5) is 4.79 Å². The number of azide groups is 1. The van der Waals surface area contributed by atoms with Crippen molar-refractivity contribution >= 4 is 40.9 Å². The Morgan fingerprint density at radius 1 is 1.46 bits per heavy atom. The Balaban J connectivity index is 4.52. The van der Waals surface area contributed by atoms with Crippen molar-refractivity contribution in [2.45, 2.75) is 23.2 Å². The highest BCUT2D eigenvalue weighted by Crippen LogP contribution is 2.40. The van der Waals surface area contributed by atoms with E-state index < -0.39 is 15.5 Å². The van der Waals surface area contributed by atoms with Crippen molar-refractivity contribution in [3.05, 3.63) is 10.4 Å². The maximum Gasteiger partial charge on any atom is 0.397 e. The molecule has 0 N–H and O–H groups in total. The number of alkyl halides is 3. The molecule has 0 rings (SSSR count). The smallest absolute Gasteiger partial charge is 0.397 e. The Labute approximate surface area is 89.5 Å². The maximum atomic E-state index is 10.7. The number of carbonyl (C=O) groups excluding carboxylic acids is 1. The summed E-state index contributed by atoms with van der Waals surface area (Å²) in [4.78, 5) is 12.9. The third-order valence-electron chi connectivity index (χ3n) is 1.15. The number of nitrogens with zero attached hydrogens (tertiary/aromatic N) is 3. The second-order valence-electron chi connectivity index (χ2n) is 2.57. The van der Waals surface area contributed by atoms with Crippen LogP contribution < -0.4 is 0 Å². The van der Waals surface area contributed by atoms with Crippen molar-refractivity contribution in [2.24, 2.45) is 5.11 Å². The van der Waals surface area contributed by atoms with Gasteiger partial charge in [0.15, 0.2) is 5.60 Å². The molecule has 0 saturated heterocycles. The fourth-order valence-corrected chi connectivity index (χ4v) is 0.449. The quantitative estimate of drug-likeness (QED) is 0.307. The lowest BCUT2D eigenvalue weighted by atomic mass is 10.2. The summed E-state index contributed by atoms with van der Waals surface area (Å²) in [6.45, 7) is 2.76. The summed E-state index contributed by atoms with van der Waals surface area (Å²) < 4.78 is 2.80. The van der Waals surface area contributed by atoms with Crippen LogP contribution in [0.25, 0.3) is 10.4 Å². The highest BCUT2D eigenvalue weighted by atomic mass is 35.6. The molecule has 0 aromatic heterocycles. The monoisotopic (exact) mass is 245 g/mol. The van der Waals surface area contributed by atoms with Gasteiger partial charge in [-0.25, -0.2) is 4.79 Å². The molecule has 13 heavy (non-hydrogen) atoms. The van der Waals surface area contributed by atoms with E-state index >= 15 is 0 Å². The molecule has 0 bridgehead atoms. The van der Waals surface area contributed by atoms with Gasteiger partial charge < -0.3 is 4.74 Å². The van der Waals surface area contributed by atoms with Crippen LogP contribution in [0.5, 0.6) is 0 Å². The van der Waals surface area contributed by atoms with E-state index in [0.717, 1.165) is 0 Å². The van der Waals surface area contributed by atoms with Gasteiger partial charge in [0.1, 0.15) is 0 Å². The first kappa shape index (κ1) is 12.7. The largest absolute Gasteiger partial charge is 0.450 e. The van der Waals surface area contributed by atoms with Crippen molar-refractivity contribution in [1.29, 1.82) is 0 Å². The second kappa shape index (κ2) is 4.24. The zero-order valence-corrected chi connectivity index (χ0v) is 9.06. The number of ether oxygens (including phenoxy) is 1. The lowest BCUT2D eigenvalue weighted by Crippen LogP contribution is -2.40. The van der Waals surface area contributed by atoms with Crippen LogP contribution in [-0.4, -0.2) is 15.5 Å². The maximum absolute atomic E-state index is 10.7. The predicted octanol–water partition coefficient (Wildman–Crippen LogP) is 3.58. The molecule has 8 heteroatoms. The molecule has 0 aromatic rings. The second-order valence-corrected chi connectivity index (χ2v) is 4.85. The molecule has 0 radical (unpaired) electrons. The normalized spacial score (nSPS) is 11.8. The minimum Gasteiger partial charge on any atom is -0.450 e. The van der Waals surface area contributed by atoms with E-state index in [1.165, 1.54) is 13.8 Å². The first-order chi connectivity index (χ1) is 5.70. The van der Waals surface area contributed by atoms with Crippen LogP contribution in [0.15, 0.2) is 5.11 Å². The van der Waals surface area contributed by atoms with Gasteiger partial charge >= 0.3 is 6.09 Å². The Bertz CT molecular complexity index is 254. The standard InChI is InChI=1S/C5H6Cl3N3O2/c1-4(2,5(6,7)8)13-3(12)10-11-9/h1-2H3. The number of carbonyl (C=O) groups is 1. The fourth-order valence-electron chi connectivity index (χ4n) is 0.333. The van der Waals surface area contributed by atoms with Crippen molar-refractivity contribution in [3.63, 3.8) is 0 Å². The first-order valence-corrected chi connectivity index (χ1v) is 4.19. The van der Waals surface area contributed by atoms with Gasteiger partial charge in [-0.2, -0.15) is 0 Å². The number of rotatable bonds is 1. The van der Waals surface area contributed by atoms with Crippen LogP contribution in [-0.2, 0) is 4.74 Å². The predicted molar refractivity (Wildman–Crippen MR) is 50.0 cm³/mol. The number of hydrogen-bond donors (Lipinski definition) is 0. The van der Waals surface area contributed by atoms with E-state index in [4.69, 9.17) is 40.3 Å². The number of amides is 1. The lowest BCUT2D eigenvalue weighted by molar-refractivity contribution is 0.0486. The Morgan fingerprint density at radius 3 is 2.23 bits per heavy atom. The summed E-state index contributed by atoms with van der Waals surface area (Å²) in [6.07, 6.45) is -1.14. The van der Waals surface area contributed by atoms with Gasteiger partial charge in [-0.3, -0.25) is 0 Å². The molecule has 0 saturated carbocycles. The summed E-state index contributed by atoms with van der Waals surface area (Å²) in [7, 11) is 0. The minimum atomic E-state index is -1.78. The van der Waals surface area contributed by atoms with Gasteiger partial charge in [-0.15, -0.1) is 0 Å². The van der Waals surface area contributed by atoms with Gasteiger partial charge in [0.25, 0.3) is 0 Å². The summed E-state index contributed by atoms with van der Waals surface area (Å²) >= 11 is 16.5. The van der Waals surface area contributed by atoms with Gasteiger partial charge in [-0.1, -0.05) is 34.8 Å². The highest BCUT2D eigenvalue weighted by Gasteiger charge is 2.43. The van der Waals surface area contributed by atoms with E-state index in [2.05, 4.69) is 14.8 Å². The minimum absolute atomic E-state index is 1.14. The molecule has 0 unspecified atom stereocenters. The van der Waals surface area contributed by atoms with Gasteiger partial charge in [0.05, 0.1) is 0 Å². The molecule has 0 spiro atoms. The van der Waals surface area contributed by atoms with E-state index in [9.17, 15) is 4.79 Å². The average molecular weight is 246 g/mol. The molecule has 0 fully saturated rings. The van der Waals surface area contributed by atoms with E-state index in [1.54, 1.807) is 0 Å². The highest BCUT2D eigenvalue weighted by molar-refractivity contribution is 6.68. The molecule has 0 aliphatic rings. The Hall–Kier alpha value is -0.350. The van der Waals surface area contributed by atoms with Crippen molar-refractivity contribution < 1.29 is 9.53 Å². The van der Waals surface area contributed by atoms with Gasteiger partial charge in [0, 0.05) is 10.0 Å². The Kier molecular flexibility index (Phi) is 4.13. The summed E-state index contributed by atoms with van der Waals surface area (Å²) in [6, 6.07) is 0. The SMILES string of the molecule is CC(C)(OC(=O)N=[N+]=[N-])C(Cl)(Cl)Cl. The first-order valence-electron chi connectivity index (χ1n) is 3.05. The molecule has 0 aromatic carbocycles. The molecule has 5 nitrogen and oxygen atoms in total. The molecule has 0 aliphatic heterocycles. The number of halogens is 3. The van der Waals surface area contributed by atoms with Crippen molar-refractivity contribution in [2.75, 3.05) is 0 Å². The summed E-state index contributed by atoms with van der Waals surface area (Å²) in [5, 5.41) is 2.67. The average Bonchev–Trinajstić information content (AvgIpc) is 1.83. The van der Waals surface area contributed by atoms with Gasteiger partial charge in [0.2, 0.25) is 3.79 Å². The molecule has 0 heterocycles. The molecule has 0 atom stereocenters. The third kappa shape index (κ3) is 3.91. The zero-order chi connectivity index (χ0) is 10.7. The Morgan fingerprint density at radius 2 is 1.92 bits per heavy atom. The number of hydrogen-bond acceptors (Lipinski definition) is 2. The molecule has 74 valence electrons. The third-order valence-corrected chi connectivity index (χ3v) is 2.52. The van der Waals surface area contributed by atoms with Crippen LogP contribution in [0.3, 0.4) is 0 Å². The van der Waals surface area contributed by atoms with Crippen LogP contribution in [0.2, 0.25) is 0 Å². The molecule has 1 amide bonds. The fraction of sp³-hybridized carbons (Fsp3) is 0.800. The van der Waals surface area contributed by atoms with E-state index in [1.807, 2.05) is 0 Å². The van der Waals surface area contributed by atoms with Crippen LogP contribution in [0, 0.1) is 0 Å². The van der Waals surface area contributed by atoms with Crippen LogP contribution >= 0.6 is 34.8 Å². The molecular weight excluding hydrogens is 240 g/mol. The van der Waals surface area contributed by atoms with Crippen molar-refractivity contribution in [1.82, 2.24) is 0 Å².